The van der Waals surface area contributed by atoms with Crippen LogP contribution in [0.1, 0.15) is 5.56 Å². The van der Waals surface area contributed by atoms with Gasteiger partial charge >= 0.3 is 0 Å². The van der Waals surface area contributed by atoms with Crippen LogP contribution in [0.15, 0.2) is 39.8 Å². The molecule has 0 aliphatic heterocycles. The number of hydrogen-bond acceptors (Lipinski definition) is 4. The second-order valence-corrected chi connectivity index (χ2v) is 6.68. The largest absolute Gasteiger partial charge is 0.398 e. The lowest BCUT2D eigenvalue weighted by atomic mass is 10.2. The molecule has 0 saturated carbocycles. The van der Waals surface area contributed by atoms with Gasteiger partial charge in [0.2, 0.25) is 0 Å². The van der Waals surface area contributed by atoms with E-state index in [-0.39, 0.29) is 22.0 Å². The van der Waals surface area contributed by atoms with Crippen LogP contribution in [-0.2, 0) is 10.0 Å². The summed E-state index contributed by atoms with van der Waals surface area (Å²) in [5.74, 6) is -0.540. The fourth-order valence-corrected chi connectivity index (χ4v) is 2.75. The predicted octanol–water partition coefficient (Wildman–Crippen LogP) is 2.67. The number of pyridine rings is 1. The predicted molar refractivity (Wildman–Crippen MR) is 78.3 cm³/mol. The monoisotopic (exact) mass is 359 g/mol. The molecule has 2 aromatic rings. The summed E-state index contributed by atoms with van der Waals surface area (Å²) in [6, 6.07) is 5.25. The first-order chi connectivity index (χ1) is 9.29. The van der Waals surface area contributed by atoms with E-state index in [4.69, 9.17) is 5.73 Å². The van der Waals surface area contributed by atoms with Crippen LogP contribution in [0.5, 0.6) is 0 Å². The maximum Gasteiger partial charge on any atom is 0.263 e. The van der Waals surface area contributed by atoms with Crippen molar-refractivity contribution in [1.29, 1.82) is 0 Å². The molecule has 1 heterocycles. The van der Waals surface area contributed by atoms with Gasteiger partial charge in [-0.2, -0.15) is 0 Å². The highest BCUT2D eigenvalue weighted by atomic mass is 79.9. The first kappa shape index (κ1) is 14.7. The highest BCUT2D eigenvalue weighted by Crippen LogP contribution is 2.22. The van der Waals surface area contributed by atoms with Gasteiger partial charge in [-0.15, -0.1) is 0 Å². The van der Waals surface area contributed by atoms with Crippen molar-refractivity contribution >= 4 is 37.5 Å². The van der Waals surface area contributed by atoms with Crippen LogP contribution in [-0.4, -0.2) is 13.4 Å². The summed E-state index contributed by atoms with van der Waals surface area (Å²) in [4.78, 5) is 3.64. The normalized spacial score (nSPS) is 11.3. The maximum absolute atomic E-state index is 13.6. The van der Waals surface area contributed by atoms with Gasteiger partial charge in [0.05, 0.1) is 4.90 Å². The van der Waals surface area contributed by atoms with Gasteiger partial charge < -0.3 is 5.73 Å². The molecule has 5 nitrogen and oxygen atoms in total. The zero-order valence-electron chi connectivity index (χ0n) is 10.4. The fraction of sp³-hybridized carbons (Fsp3) is 0.0833. The Bertz CT molecular complexity index is 725. The smallest absolute Gasteiger partial charge is 0.263 e. The van der Waals surface area contributed by atoms with E-state index in [9.17, 15) is 12.8 Å². The topological polar surface area (TPSA) is 85.1 Å². The van der Waals surface area contributed by atoms with Crippen molar-refractivity contribution in [2.75, 3.05) is 10.5 Å². The molecule has 0 spiro atoms. The standard InChI is InChI=1S/C12H11BrFN3O2S/c1-7-10(14)4-9(5-11(7)15)20(18,19)17-12-3-2-8(13)6-16-12/h2-6H,15H2,1H3,(H,16,17). The molecule has 0 radical (unpaired) electrons. The summed E-state index contributed by atoms with van der Waals surface area (Å²) in [6.07, 6.45) is 1.45. The molecule has 3 N–H and O–H groups in total. The molecule has 20 heavy (non-hydrogen) atoms. The van der Waals surface area contributed by atoms with Crippen molar-refractivity contribution in [2.24, 2.45) is 0 Å². The molecule has 0 aliphatic carbocycles. The highest BCUT2D eigenvalue weighted by Gasteiger charge is 2.18. The Morgan fingerprint density at radius 2 is 2.05 bits per heavy atom. The van der Waals surface area contributed by atoms with Crippen LogP contribution >= 0.6 is 15.9 Å². The molecule has 8 heteroatoms. The SMILES string of the molecule is Cc1c(N)cc(S(=O)(=O)Nc2ccc(Br)cn2)cc1F. The Labute approximate surface area is 124 Å². The molecule has 0 unspecified atom stereocenters. The van der Waals surface area contributed by atoms with E-state index in [1.807, 2.05) is 0 Å². The van der Waals surface area contributed by atoms with Crippen molar-refractivity contribution in [3.05, 3.63) is 46.3 Å². The van der Waals surface area contributed by atoms with Gasteiger partial charge in [0.15, 0.2) is 0 Å². The van der Waals surface area contributed by atoms with E-state index >= 15 is 0 Å². The van der Waals surface area contributed by atoms with Crippen LogP contribution in [0.4, 0.5) is 15.9 Å². The van der Waals surface area contributed by atoms with E-state index < -0.39 is 15.8 Å². The molecular formula is C12H11BrFN3O2S. The number of halogens is 2. The van der Waals surface area contributed by atoms with Crippen LogP contribution in [0.2, 0.25) is 0 Å². The summed E-state index contributed by atoms with van der Waals surface area (Å²) >= 11 is 3.19. The van der Waals surface area contributed by atoms with Gasteiger partial charge in [-0.1, -0.05) is 0 Å². The maximum atomic E-state index is 13.6. The number of sulfonamides is 1. The second-order valence-electron chi connectivity index (χ2n) is 4.09. The van der Waals surface area contributed by atoms with Crippen molar-refractivity contribution < 1.29 is 12.8 Å². The number of nitrogen functional groups attached to an aromatic ring is 1. The van der Waals surface area contributed by atoms with E-state index in [1.165, 1.54) is 25.3 Å². The molecule has 0 fully saturated rings. The Balaban J connectivity index is 2.38. The van der Waals surface area contributed by atoms with Crippen LogP contribution in [0, 0.1) is 12.7 Å². The molecular weight excluding hydrogens is 349 g/mol. The average Bonchev–Trinajstić information content (AvgIpc) is 2.38. The van der Waals surface area contributed by atoms with Crippen LogP contribution < -0.4 is 10.5 Å². The first-order valence-electron chi connectivity index (χ1n) is 5.49. The zero-order valence-corrected chi connectivity index (χ0v) is 12.8. The molecule has 0 amide bonds. The molecule has 0 saturated heterocycles. The quantitative estimate of drug-likeness (QED) is 0.825. The third-order valence-electron chi connectivity index (χ3n) is 2.63. The molecule has 1 aromatic carbocycles. The lowest BCUT2D eigenvalue weighted by molar-refractivity contribution is 0.593. The molecule has 2 rings (SSSR count). The minimum absolute atomic E-state index is 0.0779. The van der Waals surface area contributed by atoms with Gasteiger partial charge in [-0.25, -0.2) is 17.8 Å². The number of nitrogens with two attached hydrogens (primary N) is 1. The lowest BCUT2D eigenvalue weighted by Gasteiger charge is -2.09. The van der Waals surface area contributed by atoms with Crippen molar-refractivity contribution in [2.45, 2.75) is 11.8 Å². The van der Waals surface area contributed by atoms with E-state index in [2.05, 4.69) is 25.6 Å². The molecule has 0 aliphatic rings. The molecule has 0 bridgehead atoms. The number of rotatable bonds is 3. The van der Waals surface area contributed by atoms with Gasteiger partial charge in [0.1, 0.15) is 11.6 Å². The second kappa shape index (κ2) is 5.37. The Morgan fingerprint density at radius 3 is 2.60 bits per heavy atom. The third kappa shape index (κ3) is 3.07. The Kier molecular flexibility index (Phi) is 3.96. The van der Waals surface area contributed by atoms with E-state index in [0.717, 1.165) is 6.07 Å². The van der Waals surface area contributed by atoms with Crippen LogP contribution in [0.3, 0.4) is 0 Å². The average molecular weight is 360 g/mol. The number of hydrogen-bond donors (Lipinski definition) is 2. The molecule has 106 valence electrons. The lowest BCUT2D eigenvalue weighted by Crippen LogP contribution is -2.14. The third-order valence-corrected chi connectivity index (χ3v) is 4.44. The zero-order chi connectivity index (χ0) is 14.9. The summed E-state index contributed by atoms with van der Waals surface area (Å²) in [5.41, 5.74) is 5.87. The summed E-state index contributed by atoms with van der Waals surface area (Å²) in [6.45, 7) is 1.48. The van der Waals surface area contributed by atoms with Crippen LogP contribution in [0.25, 0.3) is 0 Å². The highest BCUT2D eigenvalue weighted by molar-refractivity contribution is 9.10. The minimum Gasteiger partial charge on any atom is -0.398 e. The van der Waals surface area contributed by atoms with E-state index in [0.29, 0.717) is 4.47 Å². The minimum atomic E-state index is -3.94. The number of benzene rings is 1. The number of nitrogens with zero attached hydrogens (tertiary/aromatic N) is 1. The molecule has 1 aromatic heterocycles. The summed E-state index contributed by atoms with van der Waals surface area (Å²) < 4.78 is 40.8. The Morgan fingerprint density at radius 1 is 1.35 bits per heavy atom. The van der Waals surface area contributed by atoms with Crippen molar-refractivity contribution in [1.82, 2.24) is 4.98 Å². The van der Waals surface area contributed by atoms with Crippen molar-refractivity contribution in [3.8, 4) is 0 Å². The number of nitrogens with one attached hydrogen (secondary N) is 1. The van der Waals surface area contributed by atoms with Gasteiger partial charge in [-0.05, 0) is 47.1 Å². The van der Waals surface area contributed by atoms with E-state index in [1.54, 1.807) is 6.07 Å². The number of anilines is 2. The Hall–Kier alpha value is -1.67. The fourth-order valence-electron chi connectivity index (χ4n) is 1.46. The molecule has 0 atom stereocenters. The first-order valence-corrected chi connectivity index (χ1v) is 7.77. The number of aromatic nitrogens is 1. The van der Waals surface area contributed by atoms with Gasteiger partial charge in [-0.3, -0.25) is 4.72 Å². The van der Waals surface area contributed by atoms with Gasteiger partial charge in [0.25, 0.3) is 10.0 Å². The summed E-state index contributed by atoms with van der Waals surface area (Å²) in [5, 5.41) is 0. The van der Waals surface area contributed by atoms with Crippen molar-refractivity contribution in [3.63, 3.8) is 0 Å². The summed E-state index contributed by atoms with van der Waals surface area (Å²) in [7, 11) is -3.94. The van der Waals surface area contributed by atoms with Gasteiger partial charge in [0, 0.05) is 21.9 Å².